The minimum absolute atomic E-state index is 0.194. The fourth-order valence-electron chi connectivity index (χ4n) is 1.82. The van der Waals surface area contributed by atoms with Gasteiger partial charge in [-0.15, -0.1) is 11.3 Å². The number of carbonyl (C=O) groups is 1. The zero-order valence-electron chi connectivity index (χ0n) is 10.6. The van der Waals surface area contributed by atoms with Crippen molar-refractivity contribution in [1.82, 2.24) is 4.98 Å². The van der Waals surface area contributed by atoms with Gasteiger partial charge in [0, 0.05) is 24.2 Å². The number of thiazole rings is 1. The highest BCUT2D eigenvalue weighted by atomic mass is 32.2. The summed E-state index contributed by atoms with van der Waals surface area (Å²) < 4.78 is 4.93. The van der Waals surface area contributed by atoms with E-state index in [1.165, 1.54) is 12.2 Å². The summed E-state index contributed by atoms with van der Waals surface area (Å²) in [7, 11) is 0. The first-order chi connectivity index (χ1) is 8.79. The van der Waals surface area contributed by atoms with Crippen molar-refractivity contribution in [3.8, 4) is 0 Å². The fraction of sp³-hybridized carbons (Fsp3) is 0.667. The standard InChI is InChI=1S/C12H18N2O2S2/c1-2-16-11(15)8-10-9-18-12(13-10)14-4-3-6-17-7-5-14/h9H,2-8H2,1H3. The fourth-order valence-corrected chi connectivity index (χ4v) is 3.59. The molecule has 0 unspecified atom stereocenters. The lowest BCUT2D eigenvalue weighted by atomic mass is 10.3. The Morgan fingerprint density at radius 1 is 1.50 bits per heavy atom. The van der Waals surface area contributed by atoms with Gasteiger partial charge >= 0.3 is 5.97 Å². The molecule has 1 aromatic rings. The molecule has 0 atom stereocenters. The topological polar surface area (TPSA) is 42.4 Å². The smallest absolute Gasteiger partial charge is 0.311 e. The lowest BCUT2D eigenvalue weighted by Gasteiger charge is -2.18. The summed E-state index contributed by atoms with van der Waals surface area (Å²) in [6.07, 6.45) is 1.49. The SMILES string of the molecule is CCOC(=O)Cc1csc(N2CCCSCC2)n1. The summed E-state index contributed by atoms with van der Waals surface area (Å²) in [5.41, 5.74) is 0.824. The minimum Gasteiger partial charge on any atom is -0.466 e. The molecule has 1 saturated heterocycles. The Balaban J connectivity index is 1.94. The minimum atomic E-state index is -0.194. The predicted octanol–water partition coefficient (Wildman–Crippen LogP) is 2.19. The molecular formula is C12H18N2O2S2. The second kappa shape index (κ2) is 6.99. The van der Waals surface area contributed by atoms with Crippen LogP contribution in [0.25, 0.3) is 0 Å². The average Bonchev–Trinajstić information content (AvgIpc) is 2.64. The summed E-state index contributed by atoms with van der Waals surface area (Å²) in [6, 6.07) is 0. The summed E-state index contributed by atoms with van der Waals surface area (Å²) in [5, 5.41) is 3.00. The van der Waals surface area contributed by atoms with Gasteiger partial charge in [-0.2, -0.15) is 11.8 Å². The summed E-state index contributed by atoms with van der Waals surface area (Å²) in [6.45, 7) is 4.37. The highest BCUT2D eigenvalue weighted by Gasteiger charge is 2.15. The molecule has 6 heteroatoms. The van der Waals surface area contributed by atoms with E-state index in [-0.39, 0.29) is 12.4 Å². The van der Waals surface area contributed by atoms with Crippen LogP contribution in [0.2, 0.25) is 0 Å². The van der Waals surface area contributed by atoms with Gasteiger partial charge in [0.25, 0.3) is 0 Å². The van der Waals surface area contributed by atoms with Gasteiger partial charge in [0.2, 0.25) is 0 Å². The summed E-state index contributed by atoms with van der Waals surface area (Å²) in [4.78, 5) is 18.2. The lowest BCUT2D eigenvalue weighted by molar-refractivity contribution is -0.142. The van der Waals surface area contributed by atoms with Crippen LogP contribution in [0.1, 0.15) is 19.0 Å². The van der Waals surface area contributed by atoms with Gasteiger partial charge in [-0.3, -0.25) is 4.79 Å². The van der Waals surface area contributed by atoms with Gasteiger partial charge < -0.3 is 9.64 Å². The van der Waals surface area contributed by atoms with Gasteiger partial charge in [0.1, 0.15) is 0 Å². The zero-order chi connectivity index (χ0) is 12.8. The molecule has 1 aliphatic rings. The summed E-state index contributed by atoms with van der Waals surface area (Å²) >= 11 is 3.62. The highest BCUT2D eigenvalue weighted by molar-refractivity contribution is 7.99. The Morgan fingerprint density at radius 2 is 2.39 bits per heavy atom. The molecule has 1 aliphatic heterocycles. The number of thioether (sulfide) groups is 1. The van der Waals surface area contributed by atoms with Crippen LogP contribution in [-0.4, -0.2) is 42.2 Å². The molecule has 0 aliphatic carbocycles. The Kier molecular flexibility index (Phi) is 5.31. The second-order valence-corrected chi connectivity index (χ2v) is 6.12. The van der Waals surface area contributed by atoms with E-state index in [0.29, 0.717) is 6.61 Å². The van der Waals surface area contributed by atoms with Crippen LogP contribution in [-0.2, 0) is 16.0 Å². The van der Waals surface area contributed by atoms with Crippen molar-refractivity contribution in [3.63, 3.8) is 0 Å². The molecule has 0 N–H and O–H groups in total. The third kappa shape index (κ3) is 3.88. The van der Waals surface area contributed by atoms with E-state index in [0.717, 1.165) is 29.7 Å². The molecule has 2 heterocycles. The number of aromatic nitrogens is 1. The van der Waals surface area contributed by atoms with Crippen molar-refractivity contribution in [3.05, 3.63) is 11.1 Å². The van der Waals surface area contributed by atoms with E-state index in [9.17, 15) is 4.79 Å². The van der Waals surface area contributed by atoms with E-state index in [1.807, 2.05) is 24.1 Å². The van der Waals surface area contributed by atoms with Crippen LogP contribution in [0.4, 0.5) is 5.13 Å². The van der Waals surface area contributed by atoms with E-state index >= 15 is 0 Å². The number of esters is 1. The Morgan fingerprint density at radius 3 is 3.22 bits per heavy atom. The molecule has 0 radical (unpaired) electrons. The van der Waals surface area contributed by atoms with Crippen LogP contribution in [0.3, 0.4) is 0 Å². The Hall–Kier alpha value is -0.750. The van der Waals surface area contributed by atoms with Gasteiger partial charge in [-0.25, -0.2) is 4.98 Å². The van der Waals surface area contributed by atoms with E-state index < -0.39 is 0 Å². The molecule has 0 amide bonds. The molecule has 2 rings (SSSR count). The van der Waals surface area contributed by atoms with E-state index in [4.69, 9.17) is 4.74 Å². The van der Waals surface area contributed by atoms with Crippen LogP contribution in [0, 0.1) is 0 Å². The monoisotopic (exact) mass is 286 g/mol. The van der Waals surface area contributed by atoms with Crippen molar-refractivity contribution in [2.24, 2.45) is 0 Å². The molecule has 1 aromatic heterocycles. The average molecular weight is 286 g/mol. The number of hydrogen-bond acceptors (Lipinski definition) is 6. The Labute approximate surface area is 116 Å². The van der Waals surface area contributed by atoms with E-state index in [2.05, 4.69) is 9.88 Å². The molecule has 100 valence electrons. The van der Waals surface area contributed by atoms with Crippen LogP contribution in [0.5, 0.6) is 0 Å². The lowest BCUT2D eigenvalue weighted by Crippen LogP contribution is -2.25. The van der Waals surface area contributed by atoms with Crippen molar-refractivity contribution in [2.45, 2.75) is 19.8 Å². The van der Waals surface area contributed by atoms with Crippen molar-refractivity contribution in [2.75, 3.05) is 36.1 Å². The molecular weight excluding hydrogens is 268 g/mol. The van der Waals surface area contributed by atoms with Gasteiger partial charge in [-0.1, -0.05) is 0 Å². The first-order valence-electron chi connectivity index (χ1n) is 6.22. The largest absolute Gasteiger partial charge is 0.466 e. The number of rotatable bonds is 4. The molecule has 0 aromatic carbocycles. The molecule has 0 saturated carbocycles. The quantitative estimate of drug-likeness (QED) is 0.794. The number of hydrogen-bond donors (Lipinski definition) is 0. The molecule has 1 fully saturated rings. The van der Waals surface area contributed by atoms with Crippen LogP contribution in [0.15, 0.2) is 5.38 Å². The summed E-state index contributed by atoms with van der Waals surface area (Å²) in [5.74, 6) is 2.20. The second-order valence-electron chi connectivity index (χ2n) is 4.06. The number of anilines is 1. The maximum atomic E-state index is 11.4. The molecule has 18 heavy (non-hydrogen) atoms. The maximum absolute atomic E-state index is 11.4. The molecule has 0 bridgehead atoms. The van der Waals surface area contributed by atoms with Gasteiger partial charge in [0.05, 0.1) is 18.7 Å². The first-order valence-corrected chi connectivity index (χ1v) is 8.25. The van der Waals surface area contributed by atoms with E-state index in [1.54, 1.807) is 11.3 Å². The molecule has 4 nitrogen and oxygen atoms in total. The highest BCUT2D eigenvalue weighted by Crippen LogP contribution is 2.23. The molecule has 0 spiro atoms. The van der Waals surface area contributed by atoms with Crippen molar-refractivity contribution in [1.29, 1.82) is 0 Å². The van der Waals surface area contributed by atoms with Crippen LogP contribution < -0.4 is 4.90 Å². The van der Waals surface area contributed by atoms with Crippen molar-refractivity contribution < 1.29 is 9.53 Å². The third-order valence-corrected chi connectivity index (χ3v) is 4.66. The zero-order valence-corrected chi connectivity index (χ0v) is 12.2. The first kappa shape index (κ1) is 13.7. The van der Waals surface area contributed by atoms with Crippen molar-refractivity contribution >= 4 is 34.2 Å². The number of ether oxygens (including phenoxy) is 1. The maximum Gasteiger partial charge on any atom is 0.311 e. The van der Waals surface area contributed by atoms with Gasteiger partial charge in [0.15, 0.2) is 5.13 Å². The number of nitrogens with zero attached hydrogens (tertiary/aromatic N) is 2. The Bertz CT molecular complexity index is 387. The van der Waals surface area contributed by atoms with Gasteiger partial charge in [-0.05, 0) is 19.1 Å². The normalized spacial score (nSPS) is 16.4. The predicted molar refractivity (Wildman–Crippen MR) is 76.6 cm³/mol. The third-order valence-electron chi connectivity index (χ3n) is 2.66. The number of carbonyl (C=O) groups excluding carboxylic acids is 1. The van der Waals surface area contributed by atoms with Crippen LogP contribution >= 0.6 is 23.1 Å².